The Hall–Kier alpha value is -2.68. The lowest BCUT2D eigenvalue weighted by Gasteiger charge is -2.10. The van der Waals surface area contributed by atoms with Gasteiger partial charge in [0.2, 0.25) is 11.9 Å². The van der Waals surface area contributed by atoms with Crippen molar-refractivity contribution in [3.8, 4) is 0 Å². The van der Waals surface area contributed by atoms with Crippen LogP contribution in [0, 0.1) is 5.95 Å². The monoisotopic (exact) mass is 310 g/mol. The molecule has 1 aromatic heterocycles. The lowest BCUT2D eigenvalue weighted by Crippen LogP contribution is -2.17. The Kier molecular flexibility index (Phi) is 3.76. The maximum atomic E-state index is 12.9. The molecule has 5 N–H and O–H groups in total. The van der Waals surface area contributed by atoms with Gasteiger partial charge in [-0.05, 0) is 30.3 Å². The molecule has 0 fully saturated rings. The van der Waals surface area contributed by atoms with E-state index in [1.165, 1.54) is 18.2 Å². The standard InChI is InChI=1S/C12H11FN4O3S/c13-10-2-1-3-11(16-10)17-21(19,20)9-5-4-7(12(15)18)6-8(9)14/h1-6H,14H2,(H2,15,18)(H,16,17). The fourth-order valence-electron chi connectivity index (χ4n) is 1.60. The van der Waals surface area contributed by atoms with Gasteiger partial charge in [0.15, 0.2) is 0 Å². The summed E-state index contributed by atoms with van der Waals surface area (Å²) >= 11 is 0. The van der Waals surface area contributed by atoms with Gasteiger partial charge in [-0.1, -0.05) is 6.07 Å². The number of nitrogens with one attached hydrogen (secondary N) is 1. The Balaban J connectivity index is 2.38. The summed E-state index contributed by atoms with van der Waals surface area (Å²) in [6.07, 6.45) is 0. The number of nitrogens with zero attached hydrogens (tertiary/aromatic N) is 1. The van der Waals surface area contributed by atoms with Crippen LogP contribution in [-0.2, 0) is 10.0 Å². The van der Waals surface area contributed by atoms with Crippen LogP contribution in [0.4, 0.5) is 15.9 Å². The highest BCUT2D eigenvalue weighted by Gasteiger charge is 2.19. The van der Waals surface area contributed by atoms with Crippen LogP contribution in [0.15, 0.2) is 41.3 Å². The Morgan fingerprint density at radius 3 is 2.52 bits per heavy atom. The second kappa shape index (κ2) is 5.37. The average Bonchev–Trinajstić information content (AvgIpc) is 2.37. The van der Waals surface area contributed by atoms with E-state index in [4.69, 9.17) is 11.5 Å². The van der Waals surface area contributed by atoms with E-state index in [1.54, 1.807) is 0 Å². The first-order valence-corrected chi connectivity index (χ1v) is 7.12. The third-order valence-electron chi connectivity index (χ3n) is 2.54. The summed E-state index contributed by atoms with van der Waals surface area (Å²) in [4.78, 5) is 14.1. The lowest BCUT2D eigenvalue weighted by molar-refractivity contribution is 0.1000. The third kappa shape index (κ3) is 3.26. The summed E-state index contributed by atoms with van der Waals surface area (Å²) in [7, 11) is -4.06. The summed E-state index contributed by atoms with van der Waals surface area (Å²) in [6, 6.07) is 7.18. The van der Waals surface area contributed by atoms with E-state index in [1.807, 2.05) is 0 Å². The molecule has 21 heavy (non-hydrogen) atoms. The number of carbonyl (C=O) groups is 1. The molecule has 0 saturated carbocycles. The molecule has 0 atom stereocenters. The van der Waals surface area contributed by atoms with Gasteiger partial charge < -0.3 is 11.5 Å². The number of pyridine rings is 1. The predicted octanol–water partition coefficient (Wildman–Crippen LogP) is 0.703. The van der Waals surface area contributed by atoms with Crippen LogP contribution in [-0.4, -0.2) is 19.3 Å². The van der Waals surface area contributed by atoms with Gasteiger partial charge in [0.1, 0.15) is 10.7 Å². The summed E-state index contributed by atoms with van der Waals surface area (Å²) in [6.45, 7) is 0. The van der Waals surface area contributed by atoms with Crippen LogP contribution in [0.3, 0.4) is 0 Å². The van der Waals surface area contributed by atoms with E-state index in [9.17, 15) is 17.6 Å². The first-order valence-electron chi connectivity index (χ1n) is 5.64. The molecule has 9 heteroatoms. The molecule has 0 radical (unpaired) electrons. The number of anilines is 2. The number of rotatable bonds is 4. The third-order valence-corrected chi connectivity index (χ3v) is 3.97. The quantitative estimate of drug-likeness (QED) is 0.565. The van der Waals surface area contributed by atoms with E-state index in [-0.39, 0.29) is 22.0 Å². The molecule has 0 unspecified atom stereocenters. The van der Waals surface area contributed by atoms with Gasteiger partial charge in [0.05, 0.1) is 5.69 Å². The number of amides is 1. The van der Waals surface area contributed by atoms with Crippen LogP contribution in [0.2, 0.25) is 0 Å². The number of nitrogen functional groups attached to an aromatic ring is 1. The number of halogens is 1. The van der Waals surface area contributed by atoms with Crippen LogP contribution in [0.5, 0.6) is 0 Å². The highest BCUT2D eigenvalue weighted by atomic mass is 32.2. The lowest BCUT2D eigenvalue weighted by atomic mass is 10.2. The molecule has 0 aliphatic heterocycles. The molecule has 2 rings (SSSR count). The molecule has 0 aliphatic rings. The molecule has 0 saturated heterocycles. The van der Waals surface area contributed by atoms with E-state index < -0.39 is 21.9 Å². The van der Waals surface area contributed by atoms with Crippen molar-refractivity contribution in [3.63, 3.8) is 0 Å². The highest BCUT2D eigenvalue weighted by Crippen LogP contribution is 2.22. The number of hydrogen-bond acceptors (Lipinski definition) is 5. The fourth-order valence-corrected chi connectivity index (χ4v) is 2.72. The van der Waals surface area contributed by atoms with Gasteiger partial charge in [0.25, 0.3) is 10.0 Å². The van der Waals surface area contributed by atoms with Gasteiger partial charge in [-0.15, -0.1) is 0 Å². The topological polar surface area (TPSA) is 128 Å². The summed E-state index contributed by atoms with van der Waals surface area (Å²) < 4.78 is 39.3. The van der Waals surface area contributed by atoms with Crippen LogP contribution < -0.4 is 16.2 Å². The molecule has 2 aromatic rings. The van der Waals surface area contributed by atoms with Crippen LogP contribution in [0.1, 0.15) is 10.4 Å². The van der Waals surface area contributed by atoms with E-state index in [2.05, 4.69) is 9.71 Å². The smallest absolute Gasteiger partial charge is 0.265 e. The number of hydrogen-bond donors (Lipinski definition) is 3. The highest BCUT2D eigenvalue weighted by molar-refractivity contribution is 7.92. The summed E-state index contributed by atoms with van der Waals surface area (Å²) in [5.41, 5.74) is 10.6. The van der Waals surface area contributed by atoms with Crippen molar-refractivity contribution in [1.29, 1.82) is 0 Å². The molecular weight excluding hydrogens is 299 g/mol. The molecular formula is C12H11FN4O3S. The zero-order valence-electron chi connectivity index (χ0n) is 10.6. The SMILES string of the molecule is NC(=O)c1ccc(S(=O)(=O)Nc2cccc(F)n2)c(N)c1. The molecule has 110 valence electrons. The number of nitrogens with two attached hydrogens (primary N) is 2. The number of carbonyl (C=O) groups excluding carboxylic acids is 1. The molecule has 0 spiro atoms. The molecule has 1 heterocycles. The van der Waals surface area contributed by atoms with E-state index in [0.29, 0.717) is 0 Å². The van der Waals surface area contributed by atoms with Crippen molar-refractivity contribution >= 4 is 27.4 Å². The number of primary amides is 1. The second-order valence-electron chi connectivity index (χ2n) is 4.07. The molecule has 1 amide bonds. The van der Waals surface area contributed by atoms with Crippen molar-refractivity contribution in [2.45, 2.75) is 4.90 Å². The Morgan fingerprint density at radius 1 is 1.24 bits per heavy atom. The molecule has 0 bridgehead atoms. The van der Waals surface area contributed by atoms with Crippen molar-refractivity contribution in [3.05, 3.63) is 47.9 Å². The van der Waals surface area contributed by atoms with E-state index in [0.717, 1.165) is 18.2 Å². The second-order valence-corrected chi connectivity index (χ2v) is 5.72. The number of aromatic nitrogens is 1. The minimum Gasteiger partial charge on any atom is -0.398 e. The fraction of sp³-hybridized carbons (Fsp3) is 0. The van der Waals surface area contributed by atoms with Crippen molar-refractivity contribution in [2.24, 2.45) is 5.73 Å². The maximum Gasteiger partial charge on any atom is 0.265 e. The maximum absolute atomic E-state index is 12.9. The zero-order valence-corrected chi connectivity index (χ0v) is 11.4. The number of sulfonamides is 1. The minimum atomic E-state index is -4.06. The Labute approximate surface area is 119 Å². The minimum absolute atomic E-state index is 0.0790. The predicted molar refractivity (Wildman–Crippen MR) is 74.4 cm³/mol. The summed E-state index contributed by atoms with van der Waals surface area (Å²) in [5, 5.41) is 0. The first kappa shape index (κ1) is 14.7. The average molecular weight is 310 g/mol. The van der Waals surface area contributed by atoms with Crippen LogP contribution in [0.25, 0.3) is 0 Å². The van der Waals surface area contributed by atoms with Gasteiger partial charge in [0, 0.05) is 5.56 Å². The zero-order chi connectivity index (χ0) is 15.6. The van der Waals surface area contributed by atoms with Crippen molar-refractivity contribution in [2.75, 3.05) is 10.5 Å². The largest absolute Gasteiger partial charge is 0.398 e. The Bertz CT molecular complexity index is 808. The molecule has 1 aromatic carbocycles. The van der Waals surface area contributed by atoms with Gasteiger partial charge >= 0.3 is 0 Å². The van der Waals surface area contributed by atoms with Crippen LogP contribution >= 0.6 is 0 Å². The van der Waals surface area contributed by atoms with E-state index >= 15 is 0 Å². The van der Waals surface area contributed by atoms with Gasteiger partial charge in [-0.3, -0.25) is 9.52 Å². The Morgan fingerprint density at radius 2 is 1.95 bits per heavy atom. The van der Waals surface area contributed by atoms with Crippen molar-refractivity contribution in [1.82, 2.24) is 4.98 Å². The molecule has 0 aliphatic carbocycles. The van der Waals surface area contributed by atoms with Gasteiger partial charge in [-0.25, -0.2) is 13.4 Å². The first-order chi connectivity index (χ1) is 9.79. The van der Waals surface area contributed by atoms with Gasteiger partial charge in [-0.2, -0.15) is 4.39 Å². The van der Waals surface area contributed by atoms with Crippen molar-refractivity contribution < 1.29 is 17.6 Å². The normalized spacial score (nSPS) is 11.1. The summed E-state index contributed by atoms with van der Waals surface area (Å²) in [5.74, 6) is -1.74. The molecule has 7 nitrogen and oxygen atoms in total. The number of benzene rings is 1.